The van der Waals surface area contributed by atoms with Gasteiger partial charge < -0.3 is 5.32 Å². The van der Waals surface area contributed by atoms with Crippen molar-refractivity contribution in [1.29, 1.82) is 0 Å². The second-order valence-corrected chi connectivity index (χ2v) is 10.6. The fourth-order valence-electron chi connectivity index (χ4n) is 3.71. The molecule has 4 aromatic rings. The van der Waals surface area contributed by atoms with Gasteiger partial charge in [-0.3, -0.25) is 9.89 Å². The van der Waals surface area contributed by atoms with Crippen LogP contribution in [0.15, 0.2) is 84.0 Å². The zero-order valence-electron chi connectivity index (χ0n) is 20.3. The van der Waals surface area contributed by atoms with Crippen LogP contribution in [0.5, 0.6) is 0 Å². The Morgan fingerprint density at radius 2 is 1.76 bits per heavy atom. The summed E-state index contributed by atoms with van der Waals surface area (Å²) in [5.74, 6) is 4.87. The van der Waals surface area contributed by atoms with Gasteiger partial charge in [-0.2, -0.15) is 5.10 Å². The first-order valence-corrected chi connectivity index (χ1v) is 13.4. The number of aryl methyl sites for hydroxylation is 2. The fraction of sp³-hybridized carbons (Fsp3) is 0.172. The molecule has 37 heavy (non-hydrogen) atoms. The molecule has 0 spiro atoms. The van der Waals surface area contributed by atoms with Gasteiger partial charge in [0.25, 0.3) is 5.91 Å². The maximum atomic E-state index is 13.3. The van der Waals surface area contributed by atoms with Gasteiger partial charge in [0.05, 0.1) is 16.8 Å². The number of aromatic amines is 1. The van der Waals surface area contributed by atoms with Crippen LogP contribution in [0.1, 0.15) is 44.6 Å². The number of benzene rings is 3. The van der Waals surface area contributed by atoms with Crippen LogP contribution in [0.2, 0.25) is 0 Å². The van der Waals surface area contributed by atoms with Crippen LogP contribution >= 0.6 is 0 Å². The Morgan fingerprint density at radius 1 is 1.00 bits per heavy atom. The summed E-state index contributed by atoms with van der Waals surface area (Å²) in [5.41, 5.74) is 3.78. The molecule has 0 aliphatic rings. The highest BCUT2D eigenvalue weighted by Gasteiger charge is 2.20. The predicted octanol–water partition coefficient (Wildman–Crippen LogP) is 4.59. The van der Waals surface area contributed by atoms with Crippen LogP contribution in [0.25, 0.3) is 0 Å². The average molecular weight is 516 g/mol. The van der Waals surface area contributed by atoms with Crippen molar-refractivity contribution in [1.82, 2.24) is 15.5 Å². The van der Waals surface area contributed by atoms with E-state index in [4.69, 9.17) is 0 Å². The van der Waals surface area contributed by atoms with Gasteiger partial charge in [0.1, 0.15) is 5.82 Å². The molecule has 0 aliphatic carbocycles. The molecule has 0 saturated carbocycles. The van der Waals surface area contributed by atoms with E-state index in [1.165, 1.54) is 42.5 Å². The third kappa shape index (κ3) is 7.15. The van der Waals surface area contributed by atoms with Crippen LogP contribution in [-0.2, 0) is 22.0 Å². The second kappa shape index (κ2) is 11.7. The predicted molar refractivity (Wildman–Crippen MR) is 140 cm³/mol. The minimum Gasteiger partial charge on any atom is -0.352 e. The van der Waals surface area contributed by atoms with Gasteiger partial charge in [-0.05, 0) is 73.4 Å². The molecule has 4 rings (SSSR count). The number of halogens is 1. The second-order valence-electron chi connectivity index (χ2n) is 8.68. The van der Waals surface area contributed by atoms with Gasteiger partial charge in [0, 0.05) is 29.4 Å². The summed E-state index contributed by atoms with van der Waals surface area (Å²) in [5, 5.41) is 9.52. The number of hydrogen-bond donors (Lipinski definition) is 2. The van der Waals surface area contributed by atoms with E-state index >= 15 is 0 Å². The van der Waals surface area contributed by atoms with Crippen LogP contribution in [0, 0.1) is 24.6 Å². The highest BCUT2D eigenvalue weighted by Crippen LogP contribution is 2.22. The third-order valence-corrected chi connectivity index (χ3v) is 7.46. The van der Waals surface area contributed by atoms with Crippen LogP contribution in [0.4, 0.5) is 4.39 Å². The maximum absolute atomic E-state index is 13.3. The van der Waals surface area contributed by atoms with Crippen LogP contribution in [-0.4, -0.2) is 31.1 Å². The first-order valence-electron chi connectivity index (χ1n) is 11.8. The van der Waals surface area contributed by atoms with E-state index in [2.05, 4.69) is 27.4 Å². The average Bonchev–Trinajstić information content (AvgIpc) is 3.41. The smallest absolute Gasteiger partial charge is 0.251 e. The molecule has 188 valence electrons. The van der Waals surface area contributed by atoms with Gasteiger partial charge in [-0.25, -0.2) is 12.8 Å². The van der Waals surface area contributed by atoms with E-state index in [0.717, 1.165) is 24.0 Å². The van der Waals surface area contributed by atoms with Crippen molar-refractivity contribution in [2.45, 2.75) is 30.4 Å². The number of H-pyrrole nitrogens is 1. The third-order valence-electron chi connectivity index (χ3n) is 5.72. The topological polar surface area (TPSA) is 91.9 Å². The lowest BCUT2D eigenvalue weighted by Gasteiger charge is -2.10. The van der Waals surface area contributed by atoms with E-state index in [-0.39, 0.29) is 22.1 Å². The maximum Gasteiger partial charge on any atom is 0.251 e. The zero-order chi connectivity index (χ0) is 26.3. The number of carbonyl (C=O) groups excluding carboxylic acids is 1. The standard InChI is InChI=1S/C29H26FN3O3S/c1-21-4-6-23(7-5-21)20-37(35,36)28-15-12-26(29(34)31-16-2-3-24-18-32-33-19-24)17-25(28)11-8-22-9-13-27(30)14-10-22/h4-7,9-10,12-15,17-19H,2-3,16,20H2,1H3,(H,31,34)(H,32,33). The van der Waals surface area contributed by atoms with Crippen LogP contribution in [0.3, 0.4) is 0 Å². The van der Waals surface area contributed by atoms with E-state index in [9.17, 15) is 17.6 Å². The molecule has 0 bridgehead atoms. The molecule has 1 heterocycles. The Morgan fingerprint density at radius 3 is 2.46 bits per heavy atom. The summed E-state index contributed by atoms with van der Waals surface area (Å²) < 4.78 is 40.0. The van der Waals surface area contributed by atoms with Crippen molar-refractivity contribution in [3.8, 4) is 11.8 Å². The molecular formula is C29H26FN3O3S. The van der Waals surface area contributed by atoms with Crippen molar-refractivity contribution in [3.05, 3.63) is 118 Å². The molecule has 0 aliphatic heterocycles. The number of amides is 1. The largest absolute Gasteiger partial charge is 0.352 e. The molecule has 0 unspecified atom stereocenters. The van der Waals surface area contributed by atoms with Crippen molar-refractivity contribution >= 4 is 15.7 Å². The Balaban J connectivity index is 1.59. The molecule has 1 aromatic heterocycles. The number of carbonyl (C=O) groups is 1. The number of hydrogen-bond acceptors (Lipinski definition) is 4. The minimum atomic E-state index is -3.76. The monoisotopic (exact) mass is 515 g/mol. The number of nitrogens with one attached hydrogen (secondary N) is 2. The Bertz CT molecular complexity index is 1530. The normalized spacial score (nSPS) is 11.0. The summed E-state index contributed by atoms with van der Waals surface area (Å²) in [6.07, 6.45) is 5.04. The first-order chi connectivity index (χ1) is 17.8. The lowest BCUT2D eigenvalue weighted by Crippen LogP contribution is -2.25. The SMILES string of the molecule is Cc1ccc(CS(=O)(=O)c2ccc(C(=O)NCCCc3cn[nH]c3)cc2C#Cc2ccc(F)cc2)cc1. The van der Waals surface area contributed by atoms with Gasteiger partial charge in [-0.1, -0.05) is 41.7 Å². The minimum absolute atomic E-state index is 0.0409. The lowest BCUT2D eigenvalue weighted by molar-refractivity contribution is 0.0953. The molecule has 0 fully saturated rings. The lowest BCUT2D eigenvalue weighted by atomic mass is 10.1. The summed E-state index contributed by atoms with van der Waals surface area (Å²) in [4.78, 5) is 12.8. The van der Waals surface area contributed by atoms with Crippen LogP contribution < -0.4 is 5.32 Å². The summed E-state index contributed by atoms with van der Waals surface area (Å²) >= 11 is 0. The zero-order valence-corrected chi connectivity index (χ0v) is 21.1. The van der Waals surface area contributed by atoms with E-state index in [0.29, 0.717) is 23.2 Å². The molecule has 8 heteroatoms. The van der Waals surface area contributed by atoms with Gasteiger partial charge in [0.15, 0.2) is 9.84 Å². The fourth-order valence-corrected chi connectivity index (χ4v) is 5.21. The summed E-state index contributed by atoms with van der Waals surface area (Å²) in [7, 11) is -3.76. The molecule has 0 radical (unpaired) electrons. The van der Waals surface area contributed by atoms with E-state index in [1.54, 1.807) is 18.3 Å². The molecule has 1 amide bonds. The Kier molecular flexibility index (Phi) is 8.16. The Labute approximate surface area is 215 Å². The Hall–Kier alpha value is -4.22. The van der Waals surface area contributed by atoms with Gasteiger partial charge in [-0.15, -0.1) is 0 Å². The number of aromatic nitrogens is 2. The highest BCUT2D eigenvalue weighted by molar-refractivity contribution is 7.90. The number of sulfone groups is 1. The molecule has 0 saturated heterocycles. The highest BCUT2D eigenvalue weighted by atomic mass is 32.2. The molecular weight excluding hydrogens is 489 g/mol. The molecule has 3 aromatic carbocycles. The van der Waals surface area contributed by atoms with E-state index in [1.807, 2.05) is 25.3 Å². The van der Waals surface area contributed by atoms with Crippen molar-refractivity contribution < 1.29 is 17.6 Å². The molecule has 0 atom stereocenters. The van der Waals surface area contributed by atoms with Crippen molar-refractivity contribution in [2.75, 3.05) is 6.54 Å². The van der Waals surface area contributed by atoms with Gasteiger partial charge >= 0.3 is 0 Å². The molecule has 6 nitrogen and oxygen atoms in total. The summed E-state index contributed by atoms with van der Waals surface area (Å²) in [6.45, 7) is 2.39. The molecule has 2 N–H and O–H groups in total. The van der Waals surface area contributed by atoms with E-state index < -0.39 is 15.7 Å². The quantitative estimate of drug-likeness (QED) is 0.265. The van der Waals surface area contributed by atoms with Crippen molar-refractivity contribution in [2.24, 2.45) is 0 Å². The number of rotatable bonds is 8. The van der Waals surface area contributed by atoms with Gasteiger partial charge in [0.2, 0.25) is 0 Å². The summed E-state index contributed by atoms with van der Waals surface area (Å²) in [6, 6.07) is 17.3. The number of nitrogens with zero attached hydrogens (tertiary/aromatic N) is 1. The first kappa shape index (κ1) is 25.9. The van der Waals surface area contributed by atoms with Crippen molar-refractivity contribution in [3.63, 3.8) is 0 Å².